The molecule has 19 heavy (non-hydrogen) atoms. The van der Waals surface area contributed by atoms with Crippen LogP contribution in [0, 0.1) is 6.92 Å². The number of rotatable bonds is 2. The highest BCUT2D eigenvalue weighted by molar-refractivity contribution is 5.69. The molecule has 0 amide bonds. The van der Waals surface area contributed by atoms with Crippen molar-refractivity contribution in [2.45, 2.75) is 13.1 Å². The van der Waals surface area contributed by atoms with Gasteiger partial charge in [-0.3, -0.25) is 0 Å². The van der Waals surface area contributed by atoms with Gasteiger partial charge in [0.2, 0.25) is 0 Å². The number of hydrogen-bond donors (Lipinski definition) is 0. The predicted octanol–water partition coefficient (Wildman–Crippen LogP) is 5.18. The van der Waals surface area contributed by atoms with Crippen LogP contribution < -0.4 is 0 Å². The van der Waals surface area contributed by atoms with Gasteiger partial charge in [-0.25, -0.2) is 0 Å². The average molecular weight is 262 g/mol. The smallest absolute Gasteiger partial charge is 0.166 e. The second kappa shape index (κ2) is 5.31. The van der Waals surface area contributed by atoms with Gasteiger partial charge in [-0.1, -0.05) is 54.1 Å². The maximum Gasteiger partial charge on any atom is 0.416 e. The fraction of sp³-hybridized carbons (Fsp3) is 0.125. The van der Waals surface area contributed by atoms with Crippen LogP contribution >= 0.6 is 0 Å². The molecule has 2 aromatic rings. The van der Waals surface area contributed by atoms with Crippen molar-refractivity contribution in [1.29, 1.82) is 0 Å². The van der Waals surface area contributed by atoms with Crippen molar-refractivity contribution in [2.75, 3.05) is 0 Å². The fourth-order valence-corrected chi connectivity index (χ4v) is 1.69. The number of aryl methyl sites for hydroxylation is 1. The number of alkyl halides is 3. The molecule has 0 aliphatic heterocycles. The molecule has 0 atom stereocenters. The van der Waals surface area contributed by atoms with Crippen LogP contribution in [-0.2, 0) is 6.18 Å². The minimum atomic E-state index is -4.30. The van der Waals surface area contributed by atoms with E-state index in [1.165, 1.54) is 6.07 Å². The van der Waals surface area contributed by atoms with Crippen molar-refractivity contribution < 1.29 is 13.2 Å². The van der Waals surface area contributed by atoms with E-state index in [9.17, 15) is 13.2 Å². The quantitative estimate of drug-likeness (QED) is 0.654. The lowest BCUT2D eigenvalue weighted by Crippen LogP contribution is -2.04. The molecular weight excluding hydrogens is 249 g/mol. The highest BCUT2D eigenvalue weighted by atomic mass is 19.4. The van der Waals surface area contributed by atoms with E-state index in [1.54, 1.807) is 18.2 Å². The Balaban J connectivity index is 2.21. The second-order valence-corrected chi connectivity index (χ2v) is 4.37. The van der Waals surface area contributed by atoms with Gasteiger partial charge >= 0.3 is 6.18 Å². The van der Waals surface area contributed by atoms with Crippen LogP contribution in [0.1, 0.15) is 22.3 Å². The minimum absolute atomic E-state index is 0.537. The van der Waals surface area contributed by atoms with Crippen molar-refractivity contribution in [3.63, 3.8) is 0 Å². The molecule has 0 aromatic heterocycles. The van der Waals surface area contributed by atoms with Crippen LogP contribution in [0.2, 0.25) is 0 Å². The van der Waals surface area contributed by atoms with Crippen molar-refractivity contribution >= 4 is 12.2 Å². The summed E-state index contributed by atoms with van der Waals surface area (Å²) < 4.78 is 37.7. The minimum Gasteiger partial charge on any atom is -0.166 e. The normalized spacial score (nSPS) is 12.0. The first-order valence-electron chi connectivity index (χ1n) is 5.87. The summed E-state index contributed by atoms with van der Waals surface area (Å²) in [4.78, 5) is 0. The summed E-state index contributed by atoms with van der Waals surface area (Å²) in [5, 5.41) is 0. The molecule has 2 rings (SSSR count). The van der Waals surface area contributed by atoms with Crippen molar-refractivity contribution in [3.8, 4) is 0 Å². The lowest BCUT2D eigenvalue weighted by atomic mass is 10.1. The molecule has 0 saturated heterocycles. The van der Waals surface area contributed by atoms with Gasteiger partial charge in [-0.2, -0.15) is 13.2 Å². The topological polar surface area (TPSA) is 0 Å². The summed E-state index contributed by atoms with van der Waals surface area (Å²) in [6, 6.07) is 13.1. The number of halogens is 3. The summed E-state index contributed by atoms with van der Waals surface area (Å²) in [6.45, 7) is 1.99. The number of benzene rings is 2. The molecule has 0 unspecified atom stereocenters. The Morgan fingerprint density at radius 3 is 2.11 bits per heavy atom. The monoisotopic (exact) mass is 262 g/mol. The number of hydrogen-bond acceptors (Lipinski definition) is 0. The Morgan fingerprint density at radius 1 is 0.842 bits per heavy atom. The first-order chi connectivity index (χ1) is 8.95. The molecule has 0 N–H and O–H groups in total. The molecule has 2 aromatic carbocycles. The molecular formula is C16H13F3. The second-order valence-electron chi connectivity index (χ2n) is 4.37. The molecule has 0 saturated carbocycles. The van der Waals surface area contributed by atoms with Crippen LogP contribution in [-0.4, -0.2) is 0 Å². The van der Waals surface area contributed by atoms with Gasteiger partial charge in [0.25, 0.3) is 0 Å². The van der Waals surface area contributed by atoms with E-state index in [2.05, 4.69) is 0 Å². The largest absolute Gasteiger partial charge is 0.416 e. The van der Waals surface area contributed by atoms with Crippen LogP contribution in [0.4, 0.5) is 13.2 Å². The summed E-state index contributed by atoms with van der Waals surface area (Å²) in [6.07, 6.45) is -0.817. The molecule has 0 heterocycles. The van der Waals surface area contributed by atoms with E-state index < -0.39 is 11.7 Å². The van der Waals surface area contributed by atoms with Crippen molar-refractivity contribution in [1.82, 2.24) is 0 Å². The predicted molar refractivity (Wildman–Crippen MR) is 71.6 cm³/mol. The lowest BCUT2D eigenvalue weighted by Gasteiger charge is -2.06. The average Bonchev–Trinajstić information content (AvgIpc) is 2.37. The van der Waals surface area contributed by atoms with E-state index >= 15 is 0 Å². The third-order valence-corrected chi connectivity index (χ3v) is 2.76. The Hall–Kier alpha value is -2.03. The summed E-state index contributed by atoms with van der Waals surface area (Å²) >= 11 is 0. The maximum atomic E-state index is 12.6. The van der Waals surface area contributed by atoms with Crippen LogP contribution in [0.3, 0.4) is 0 Å². The summed E-state index contributed by atoms with van der Waals surface area (Å²) in [5.41, 5.74) is 2.02. The van der Waals surface area contributed by atoms with Gasteiger partial charge in [0.1, 0.15) is 0 Å². The molecule has 0 aliphatic rings. The molecule has 0 radical (unpaired) electrons. The Kier molecular flexibility index (Phi) is 3.74. The first kappa shape index (κ1) is 13.4. The van der Waals surface area contributed by atoms with Crippen molar-refractivity contribution in [3.05, 3.63) is 70.8 Å². The fourth-order valence-electron chi connectivity index (χ4n) is 1.69. The van der Waals surface area contributed by atoms with E-state index in [0.29, 0.717) is 5.56 Å². The highest BCUT2D eigenvalue weighted by Gasteiger charge is 2.30. The molecule has 0 bridgehead atoms. The first-order valence-corrected chi connectivity index (χ1v) is 5.87. The van der Waals surface area contributed by atoms with Gasteiger partial charge in [-0.05, 0) is 30.2 Å². The Morgan fingerprint density at radius 2 is 1.47 bits per heavy atom. The van der Waals surface area contributed by atoms with Gasteiger partial charge in [0.05, 0.1) is 5.56 Å². The summed E-state index contributed by atoms with van der Waals surface area (Å²) in [5.74, 6) is 0. The van der Waals surface area contributed by atoms with Gasteiger partial charge in [0.15, 0.2) is 0 Å². The Labute approximate surface area is 110 Å². The molecule has 0 aliphatic carbocycles. The van der Waals surface area contributed by atoms with Crippen LogP contribution in [0.5, 0.6) is 0 Å². The zero-order valence-electron chi connectivity index (χ0n) is 10.4. The third-order valence-electron chi connectivity index (χ3n) is 2.76. The van der Waals surface area contributed by atoms with Crippen LogP contribution in [0.25, 0.3) is 12.2 Å². The van der Waals surface area contributed by atoms with Crippen molar-refractivity contribution in [2.24, 2.45) is 0 Å². The lowest BCUT2D eigenvalue weighted by molar-refractivity contribution is -0.137. The molecule has 0 fully saturated rings. The third kappa shape index (κ3) is 3.71. The molecule has 0 nitrogen and oxygen atoms in total. The zero-order valence-corrected chi connectivity index (χ0v) is 10.4. The van der Waals surface area contributed by atoms with Crippen LogP contribution in [0.15, 0.2) is 48.5 Å². The van der Waals surface area contributed by atoms with E-state index in [4.69, 9.17) is 0 Å². The molecule has 3 heteroatoms. The SMILES string of the molecule is Cc1ccc(/C=C/c2cccc(C(F)(F)F)c2)cc1. The van der Waals surface area contributed by atoms with E-state index in [-0.39, 0.29) is 0 Å². The van der Waals surface area contributed by atoms with Gasteiger partial charge < -0.3 is 0 Å². The standard InChI is InChI=1S/C16H13F3/c1-12-5-7-13(8-6-12)9-10-14-3-2-4-15(11-14)16(17,18)19/h2-11H,1H3/b10-9+. The Bertz CT molecular complexity index is 578. The zero-order chi connectivity index (χ0) is 13.9. The van der Waals surface area contributed by atoms with E-state index in [0.717, 1.165) is 23.3 Å². The van der Waals surface area contributed by atoms with Gasteiger partial charge in [0, 0.05) is 0 Å². The molecule has 0 spiro atoms. The van der Waals surface area contributed by atoms with Gasteiger partial charge in [-0.15, -0.1) is 0 Å². The highest BCUT2D eigenvalue weighted by Crippen LogP contribution is 2.29. The molecule has 98 valence electrons. The summed E-state index contributed by atoms with van der Waals surface area (Å²) in [7, 11) is 0. The van der Waals surface area contributed by atoms with E-state index in [1.807, 2.05) is 31.2 Å². The maximum absolute atomic E-state index is 12.6.